The maximum absolute atomic E-state index is 11.9. The fraction of sp³-hybridized carbons (Fsp3) is 0.312. The molecule has 3 rings (SSSR count). The molecule has 1 fully saturated rings. The van der Waals surface area contributed by atoms with Crippen molar-refractivity contribution in [3.8, 4) is 0 Å². The van der Waals surface area contributed by atoms with Crippen molar-refractivity contribution >= 4 is 11.8 Å². The van der Waals surface area contributed by atoms with Gasteiger partial charge in [0, 0.05) is 6.20 Å². The highest BCUT2D eigenvalue weighted by Gasteiger charge is 2.27. The fourth-order valence-corrected chi connectivity index (χ4v) is 2.29. The number of benzene rings is 1. The zero-order chi connectivity index (χ0) is 16.9. The summed E-state index contributed by atoms with van der Waals surface area (Å²) in [7, 11) is 0. The Bertz CT molecular complexity index is 762. The third kappa shape index (κ3) is 3.98. The van der Waals surface area contributed by atoms with Crippen LogP contribution in [0.2, 0.25) is 0 Å². The molecule has 0 unspecified atom stereocenters. The molecule has 0 bridgehead atoms. The molecule has 0 spiro atoms. The van der Waals surface area contributed by atoms with Crippen LogP contribution in [0.3, 0.4) is 0 Å². The topological polar surface area (TPSA) is 106 Å². The minimum atomic E-state index is -0.653. The summed E-state index contributed by atoms with van der Waals surface area (Å²) in [6, 6.07) is 10.2. The maximum Gasteiger partial charge on any atom is 0.349 e. The van der Waals surface area contributed by atoms with Gasteiger partial charge in [-0.05, 0) is 18.2 Å². The maximum atomic E-state index is 11.9. The number of hydrogen-bond acceptors (Lipinski definition) is 7. The first kappa shape index (κ1) is 16.2. The molecule has 8 nitrogen and oxygen atoms in total. The molecule has 0 radical (unpaired) electrons. The molecule has 1 aromatic carbocycles. The van der Waals surface area contributed by atoms with Crippen LogP contribution in [0.1, 0.15) is 10.4 Å². The van der Waals surface area contributed by atoms with E-state index in [-0.39, 0.29) is 25.1 Å². The number of hydrogen-bond donors (Lipinski definition) is 1. The van der Waals surface area contributed by atoms with Gasteiger partial charge in [0.2, 0.25) is 0 Å². The van der Waals surface area contributed by atoms with E-state index in [1.807, 2.05) is 6.07 Å². The third-order valence-electron chi connectivity index (χ3n) is 3.47. The van der Waals surface area contributed by atoms with Gasteiger partial charge in [0.05, 0.1) is 18.7 Å². The summed E-state index contributed by atoms with van der Waals surface area (Å²) in [5, 5.41) is 0. The number of nitrogens with zero attached hydrogens (tertiary/aromatic N) is 2. The lowest BCUT2D eigenvalue weighted by molar-refractivity contribution is -0.0940. The Kier molecular flexibility index (Phi) is 4.88. The Morgan fingerprint density at radius 3 is 2.88 bits per heavy atom. The molecule has 1 aliphatic rings. The van der Waals surface area contributed by atoms with Crippen molar-refractivity contribution < 1.29 is 19.0 Å². The first-order valence-electron chi connectivity index (χ1n) is 7.44. The van der Waals surface area contributed by atoms with Gasteiger partial charge in [0.15, 0.2) is 6.29 Å². The Morgan fingerprint density at radius 1 is 1.33 bits per heavy atom. The Hall–Kier alpha value is -2.71. The number of rotatable bonds is 5. The molecule has 8 heteroatoms. The second-order valence-electron chi connectivity index (χ2n) is 5.27. The molecule has 1 aromatic heterocycles. The zero-order valence-corrected chi connectivity index (χ0v) is 12.8. The predicted molar refractivity (Wildman–Crippen MR) is 84.2 cm³/mol. The molecule has 0 saturated carbocycles. The van der Waals surface area contributed by atoms with E-state index >= 15 is 0 Å². The summed E-state index contributed by atoms with van der Waals surface area (Å²) in [5.41, 5.74) is 5.46. The van der Waals surface area contributed by atoms with Crippen LogP contribution in [0.4, 0.5) is 5.82 Å². The molecular formula is C16H17N3O5. The lowest BCUT2D eigenvalue weighted by Crippen LogP contribution is -2.30. The molecule has 2 heterocycles. The second kappa shape index (κ2) is 7.24. The Labute approximate surface area is 137 Å². The minimum Gasteiger partial charge on any atom is -0.457 e. The van der Waals surface area contributed by atoms with E-state index in [1.165, 1.54) is 10.6 Å². The van der Waals surface area contributed by atoms with Gasteiger partial charge < -0.3 is 19.9 Å². The van der Waals surface area contributed by atoms with Crippen molar-refractivity contribution in [2.45, 2.75) is 18.9 Å². The number of nitrogens with two attached hydrogens (primary N) is 1. The van der Waals surface area contributed by atoms with E-state index in [9.17, 15) is 9.59 Å². The van der Waals surface area contributed by atoms with Crippen LogP contribution in [0.25, 0.3) is 0 Å². The normalized spacial score (nSPS) is 20.0. The minimum absolute atomic E-state index is 0.0148. The van der Waals surface area contributed by atoms with Crippen molar-refractivity contribution in [2.75, 3.05) is 18.9 Å². The van der Waals surface area contributed by atoms with Crippen LogP contribution < -0.4 is 11.4 Å². The van der Waals surface area contributed by atoms with E-state index in [0.717, 1.165) is 0 Å². The number of anilines is 1. The van der Waals surface area contributed by atoms with Gasteiger partial charge in [-0.1, -0.05) is 18.2 Å². The van der Waals surface area contributed by atoms with E-state index in [1.54, 1.807) is 30.5 Å². The monoisotopic (exact) mass is 331 g/mol. The third-order valence-corrected chi connectivity index (χ3v) is 3.47. The standard InChI is InChI=1S/C16H17N3O5/c17-13-6-7-19(16(21)18-13)8-12-9-22-14(24-12)10-23-15(20)11-4-2-1-3-5-11/h1-7,12,14H,8-10H2,(H2,17,18,21)/t12-,14-/m1/s1. The van der Waals surface area contributed by atoms with Crippen LogP contribution in [0.5, 0.6) is 0 Å². The van der Waals surface area contributed by atoms with Gasteiger partial charge in [-0.3, -0.25) is 4.57 Å². The van der Waals surface area contributed by atoms with Crippen LogP contribution in [0.15, 0.2) is 47.4 Å². The zero-order valence-electron chi connectivity index (χ0n) is 12.8. The van der Waals surface area contributed by atoms with E-state index < -0.39 is 17.9 Å². The average Bonchev–Trinajstić information content (AvgIpc) is 3.03. The summed E-state index contributed by atoms with van der Waals surface area (Å²) in [6.45, 7) is 0.568. The molecule has 2 atom stereocenters. The summed E-state index contributed by atoms with van der Waals surface area (Å²) >= 11 is 0. The first-order chi connectivity index (χ1) is 11.6. The van der Waals surface area contributed by atoms with Crippen LogP contribution in [-0.2, 0) is 20.8 Å². The highest BCUT2D eigenvalue weighted by atomic mass is 16.7. The molecule has 126 valence electrons. The molecule has 1 aliphatic heterocycles. The molecule has 24 heavy (non-hydrogen) atoms. The highest BCUT2D eigenvalue weighted by molar-refractivity contribution is 5.89. The molecule has 2 N–H and O–H groups in total. The number of aromatic nitrogens is 2. The Morgan fingerprint density at radius 2 is 2.12 bits per heavy atom. The summed E-state index contributed by atoms with van der Waals surface area (Å²) < 4.78 is 17.6. The van der Waals surface area contributed by atoms with Crippen molar-refractivity contribution in [1.29, 1.82) is 0 Å². The quantitative estimate of drug-likeness (QED) is 0.792. The smallest absolute Gasteiger partial charge is 0.349 e. The number of esters is 1. The SMILES string of the molecule is Nc1ccn(C[C@@H]2CO[C@@H](COC(=O)c3ccccc3)O2)c(=O)n1. The lowest BCUT2D eigenvalue weighted by Gasteiger charge is -2.13. The van der Waals surface area contributed by atoms with E-state index in [0.29, 0.717) is 12.2 Å². The largest absolute Gasteiger partial charge is 0.457 e. The summed E-state index contributed by atoms with van der Waals surface area (Å²) in [6.07, 6.45) is 0.574. The number of ether oxygens (including phenoxy) is 3. The average molecular weight is 331 g/mol. The van der Waals surface area contributed by atoms with Crippen LogP contribution in [-0.4, -0.2) is 41.1 Å². The van der Waals surface area contributed by atoms with Gasteiger partial charge in [0.1, 0.15) is 18.5 Å². The molecule has 0 amide bonds. The van der Waals surface area contributed by atoms with Crippen molar-refractivity contribution in [3.05, 3.63) is 58.6 Å². The van der Waals surface area contributed by atoms with Crippen LogP contribution >= 0.6 is 0 Å². The number of carbonyl (C=O) groups excluding carboxylic acids is 1. The van der Waals surface area contributed by atoms with Gasteiger partial charge >= 0.3 is 11.7 Å². The van der Waals surface area contributed by atoms with Gasteiger partial charge in [0.25, 0.3) is 0 Å². The van der Waals surface area contributed by atoms with Crippen molar-refractivity contribution in [1.82, 2.24) is 9.55 Å². The van der Waals surface area contributed by atoms with Crippen molar-refractivity contribution in [3.63, 3.8) is 0 Å². The highest BCUT2D eigenvalue weighted by Crippen LogP contribution is 2.14. The Balaban J connectivity index is 1.49. The van der Waals surface area contributed by atoms with Gasteiger partial charge in [-0.25, -0.2) is 9.59 Å². The van der Waals surface area contributed by atoms with Crippen LogP contribution in [0, 0.1) is 0 Å². The second-order valence-corrected chi connectivity index (χ2v) is 5.27. The predicted octanol–water partition coefficient (Wildman–Crippen LogP) is 0.424. The van der Waals surface area contributed by atoms with Gasteiger partial charge in [-0.2, -0.15) is 4.98 Å². The number of nitrogen functional groups attached to an aromatic ring is 1. The van der Waals surface area contributed by atoms with Gasteiger partial charge in [-0.15, -0.1) is 0 Å². The van der Waals surface area contributed by atoms with Crippen molar-refractivity contribution in [2.24, 2.45) is 0 Å². The molecule has 0 aliphatic carbocycles. The summed E-state index contributed by atoms with van der Waals surface area (Å²) in [5.74, 6) is -0.268. The summed E-state index contributed by atoms with van der Waals surface area (Å²) in [4.78, 5) is 27.2. The number of carbonyl (C=O) groups is 1. The van der Waals surface area contributed by atoms with E-state index in [4.69, 9.17) is 19.9 Å². The lowest BCUT2D eigenvalue weighted by atomic mass is 10.2. The fourth-order valence-electron chi connectivity index (χ4n) is 2.29. The molecular weight excluding hydrogens is 314 g/mol. The first-order valence-corrected chi connectivity index (χ1v) is 7.44. The molecule has 1 saturated heterocycles. The van der Waals surface area contributed by atoms with E-state index in [2.05, 4.69) is 4.98 Å². The molecule has 2 aromatic rings.